The van der Waals surface area contributed by atoms with E-state index in [-0.39, 0.29) is 17.0 Å². The van der Waals surface area contributed by atoms with Crippen LogP contribution in [0.25, 0.3) is 0 Å². The largest absolute Gasteiger partial charge is 0.478 e. The van der Waals surface area contributed by atoms with Crippen molar-refractivity contribution in [3.63, 3.8) is 0 Å². The van der Waals surface area contributed by atoms with Crippen LogP contribution in [0.5, 0.6) is 0 Å². The van der Waals surface area contributed by atoms with Gasteiger partial charge in [-0.05, 0) is 37.5 Å². The SMILES string of the molecule is COC1CCCC1NS(=O)(=O)c1ccc(F)c(C(=O)O)c1. The summed E-state index contributed by atoms with van der Waals surface area (Å²) >= 11 is 0. The molecule has 0 spiro atoms. The van der Waals surface area contributed by atoms with Crippen LogP contribution in [-0.4, -0.2) is 38.7 Å². The van der Waals surface area contributed by atoms with E-state index >= 15 is 0 Å². The van der Waals surface area contributed by atoms with Gasteiger partial charge in [0.2, 0.25) is 10.0 Å². The van der Waals surface area contributed by atoms with Crippen LogP contribution in [0.2, 0.25) is 0 Å². The van der Waals surface area contributed by atoms with Gasteiger partial charge in [0, 0.05) is 13.2 Å². The molecule has 0 amide bonds. The van der Waals surface area contributed by atoms with E-state index in [4.69, 9.17) is 9.84 Å². The summed E-state index contributed by atoms with van der Waals surface area (Å²) in [5.41, 5.74) is -0.674. The quantitative estimate of drug-likeness (QED) is 0.855. The average molecular weight is 317 g/mol. The van der Waals surface area contributed by atoms with Crippen molar-refractivity contribution in [1.82, 2.24) is 4.72 Å². The molecule has 1 aliphatic rings. The summed E-state index contributed by atoms with van der Waals surface area (Å²) in [6, 6.07) is 2.33. The van der Waals surface area contributed by atoms with Crippen molar-refractivity contribution >= 4 is 16.0 Å². The first-order valence-electron chi connectivity index (χ1n) is 6.43. The van der Waals surface area contributed by atoms with E-state index in [0.29, 0.717) is 6.42 Å². The lowest BCUT2D eigenvalue weighted by Crippen LogP contribution is -2.40. The molecule has 0 heterocycles. The Labute approximate surface area is 122 Å². The number of hydrogen-bond acceptors (Lipinski definition) is 4. The molecule has 8 heteroatoms. The summed E-state index contributed by atoms with van der Waals surface area (Å²) in [6.45, 7) is 0. The number of carboxylic acids is 1. The van der Waals surface area contributed by atoms with E-state index in [1.54, 1.807) is 0 Å². The third-order valence-corrected chi connectivity index (χ3v) is 5.03. The fraction of sp³-hybridized carbons (Fsp3) is 0.462. The minimum absolute atomic E-state index is 0.209. The van der Waals surface area contributed by atoms with Crippen LogP contribution >= 0.6 is 0 Å². The maximum atomic E-state index is 13.3. The van der Waals surface area contributed by atoms with E-state index in [9.17, 15) is 17.6 Å². The van der Waals surface area contributed by atoms with Gasteiger partial charge in [0.25, 0.3) is 0 Å². The van der Waals surface area contributed by atoms with Crippen molar-refractivity contribution in [3.8, 4) is 0 Å². The minimum Gasteiger partial charge on any atom is -0.478 e. The van der Waals surface area contributed by atoms with Crippen molar-refractivity contribution < 1.29 is 27.4 Å². The zero-order valence-corrected chi connectivity index (χ0v) is 12.2. The molecule has 0 aromatic heterocycles. The maximum Gasteiger partial charge on any atom is 0.338 e. The van der Waals surface area contributed by atoms with Gasteiger partial charge >= 0.3 is 5.97 Å². The number of ether oxygens (including phenoxy) is 1. The molecule has 0 radical (unpaired) electrons. The highest BCUT2D eigenvalue weighted by Crippen LogP contribution is 2.24. The Morgan fingerprint density at radius 2 is 2.14 bits per heavy atom. The van der Waals surface area contributed by atoms with E-state index in [1.807, 2.05) is 0 Å². The van der Waals surface area contributed by atoms with Crippen LogP contribution < -0.4 is 4.72 Å². The molecule has 0 bridgehead atoms. The molecule has 2 atom stereocenters. The van der Waals surface area contributed by atoms with Gasteiger partial charge in [-0.1, -0.05) is 0 Å². The molecular formula is C13H16FNO5S. The Morgan fingerprint density at radius 1 is 1.43 bits per heavy atom. The number of aromatic carboxylic acids is 1. The van der Waals surface area contributed by atoms with E-state index in [1.165, 1.54) is 7.11 Å². The predicted molar refractivity (Wildman–Crippen MR) is 72.1 cm³/mol. The molecule has 6 nitrogen and oxygen atoms in total. The van der Waals surface area contributed by atoms with Gasteiger partial charge in [-0.2, -0.15) is 0 Å². The molecule has 116 valence electrons. The fourth-order valence-electron chi connectivity index (χ4n) is 2.45. The maximum absolute atomic E-state index is 13.3. The molecule has 1 aromatic rings. The van der Waals surface area contributed by atoms with Crippen LogP contribution in [0, 0.1) is 5.82 Å². The molecule has 1 saturated carbocycles. The Hall–Kier alpha value is -1.51. The van der Waals surface area contributed by atoms with Gasteiger partial charge in [0.05, 0.1) is 16.6 Å². The first-order valence-corrected chi connectivity index (χ1v) is 7.91. The van der Waals surface area contributed by atoms with Crippen LogP contribution in [0.15, 0.2) is 23.1 Å². The second kappa shape index (κ2) is 6.08. The number of benzene rings is 1. The van der Waals surface area contributed by atoms with Crippen LogP contribution in [0.1, 0.15) is 29.6 Å². The van der Waals surface area contributed by atoms with E-state index in [0.717, 1.165) is 31.0 Å². The van der Waals surface area contributed by atoms with Gasteiger partial charge < -0.3 is 9.84 Å². The summed E-state index contributed by atoms with van der Waals surface area (Å²) in [5.74, 6) is -2.49. The molecule has 2 N–H and O–H groups in total. The zero-order valence-electron chi connectivity index (χ0n) is 11.4. The highest BCUT2D eigenvalue weighted by molar-refractivity contribution is 7.89. The molecule has 0 saturated heterocycles. The highest BCUT2D eigenvalue weighted by atomic mass is 32.2. The lowest BCUT2D eigenvalue weighted by Gasteiger charge is -2.19. The molecule has 1 fully saturated rings. The normalized spacial score (nSPS) is 22.4. The number of rotatable bonds is 5. The number of sulfonamides is 1. The van der Waals surface area contributed by atoms with Gasteiger partial charge in [-0.3, -0.25) is 0 Å². The molecule has 2 unspecified atom stereocenters. The fourth-order valence-corrected chi connectivity index (χ4v) is 3.77. The van der Waals surface area contributed by atoms with Gasteiger partial charge in [-0.25, -0.2) is 22.3 Å². The van der Waals surface area contributed by atoms with Crippen molar-refractivity contribution in [3.05, 3.63) is 29.6 Å². The first-order chi connectivity index (χ1) is 9.85. The number of hydrogen-bond donors (Lipinski definition) is 2. The summed E-state index contributed by atoms with van der Waals surface area (Å²) in [4.78, 5) is 10.6. The van der Waals surface area contributed by atoms with Gasteiger partial charge in [0.15, 0.2) is 0 Å². The first kappa shape index (κ1) is 15.9. The third kappa shape index (κ3) is 3.39. The van der Waals surface area contributed by atoms with E-state index < -0.39 is 27.4 Å². The summed E-state index contributed by atoms with van der Waals surface area (Å²) in [5, 5.41) is 8.84. The molecule has 21 heavy (non-hydrogen) atoms. The standard InChI is InChI=1S/C13H16FNO5S/c1-20-12-4-2-3-11(12)15-21(18,19)8-5-6-10(14)9(7-8)13(16)17/h5-7,11-12,15H,2-4H2,1H3,(H,16,17). The lowest BCUT2D eigenvalue weighted by atomic mass is 10.2. The van der Waals surface area contributed by atoms with Gasteiger partial charge in [0.1, 0.15) is 5.82 Å². The molecule has 0 aliphatic heterocycles. The summed E-state index contributed by atoms with van der Waals surface area (Å²) in [6.07, 6.45) is 2.03. The summed E-state index contributed by atoms with van der Waals surface area (Å²) < 4.78 is 45.5. The molecule has 1 aliphatic carbocycles. The Balaban J connectivity index is 2.27. The lowest BCUT2D eigenvalue weighted by molar-refractivity contribution is 0.0691. The van der Waals surface area contributed by atoms with Crippen LogP contribution in [-0.2, 0) is 14.8 Å². The molecule has 1 aromatic carbocycles. The Bertz CT molecular complexity index is 646. The van der Waals surface area contributed by atoms with Crippen molar-refractivity contribution in [2.24, 2.45) is 0 Å². The third-order valence-electron chi connectivity index (χ3n) is 3.54. The number of carboxylic acid groups (broad SMARTS) is 1. The average Bonchev–Trinajstić information content (AvgIpc) is 2.85. The Kier molecular flexibility index (Phi) is 4.60. The highest BCUT2D eigenvalue weighted by Gasteiger charge is 2.31. The molecule has 2 rings (SSSR count). The minimum atomic E-state index is -3.92. The van der Waals surface area contributed by atoms with Crippen molar-refractivity contribution in [2.75, 3.05) is 7.11 Å². The van der Waals surface area contributed by atoms with E-state index in [2.05, 4.69) is 4.72 Å². The van der Waals surface area contributed by atoms with Crippen LogP contribution in [0.4, 0.5) is 4.39 Å². The van der Waals surface area contributed by atoms with Gasteiger partial charge in [-0.15, -0.1) is 0 Å². The van der Waals surface area contributed by atoms with Crippen molar-refractivity contribution in [2.45, 2.75) is 36.3 Å². The second-order valence-corrected chi connectivity index (χ2v) is 6.59. The smallest absolute Gasteiger partial charge is 0.338 e. The number of halogens is 1. The number of carbonyl (C=O) groups is 1. The topological polar surface area (TPSA) is 92.7 Å². The second-order valence-electron chi connectivity index (χ2n) is 4.88. The zero-order chi connectivity index (χ0) is 15.6. The van der Waals surface area contributed by atoms with Crippen molar-refractivity contribution in [1.29, 1.82) is 0 Å². The predicted octanol–water partition coefficient (Wildman–Crippen LogP) is 1.37. The number of nitrogens with one attached hydrogen (secondary N) is 1. The monoisotopic (exact) mass is 317 g/mol. The summed E-state index contributed by atoms with van der Waals surface area (Å²) in [7, 11) is -2.41. The number of methoxy groups -OCH3 is 1. The van der Waals surface area contributed by atoms with Crippen LogP contribution in [0.3, 0.4) is 0 Å². The molecular weight excluding hydrogens is 301 g/mol. The Morgan fingerprint density at radius 3 is 2.76 bits per heavy atom.